The summed E-state index contributed by atoms with van der Waals surface area (Å²) >= 11 is 7.70. The molecule has 27 heteroatoms. The number of nitrogen functional groups attached to an aromatic ring is 1. The first-order chi connectivity index (χ1) is 21.6. The number of hydrogen-bond donors (Lipinski definition) is 7. The van der Waals surface area contributed by atoms with Crippen molar-refractivity contribution in [1.82, 2.24) is 35.0 Å². The van der Waals surface area contributed by atoms with Gasteiger partial charge in [0.05, 0.1) is 25.9 Å². The number of fused-ring (bicyclic) bond motifs is 5. The molecule has 2 bridgehead atoms. The van der Waals surface area contributed by atoms with Crippen molar-refractivity contribution in [2.45, 2.75) is 49.0 Å². The number of aromatic nitrogens is 6. The number of anilines is 3. The zero-order valence-electron chi connectivity index (χ0n) is 22.4. The Morgan fingerprint density at radius 3 is 2.52 bits per heavy atom. The van der Waals surface area contributed by atoms with Crippen molar-refractivity contribution in [2.75, 3.05) is 29.4 Å². The monoisotopic (exact) mass is 732 g/mol. The van der Waals surface area contributed by atoms with Crippen molar-refractivity contribution in [3.63, 3.8) is 0 Å². The average molecular weight is 733 g/mol. The molecule has 7 rings (SSSR count). The Labute approximate surface area is 263 Å². The van der Waals surface area contributed by atoms with Gasteiger partial charge in [0, 0.05) is 0 Å². The molecule has 3 aromatic heterocycles. The summed E-state index contributed by atoms with van der Waals surface area (Å²) in [6, 6.07) is 0. The second-order valence-electron chi connectivity index (χ2n) is 10.1. The van der Waals surface area contributed by atoms with Crippen LogP contribution in [0.15, 0.2) is 22.2 Å². The summed E-state index contributed by atoms with van der Waals surface area (Å²) in [5.41, 5.74) is 8.38. The van der Waals surface area contributed by atoms with E-state index in [-0.39, 0.29) is 28.6 Å². The minimum Gasteiger partial charge on any atom is -0.369 e. The molecule has 4 aliphatic rings. The van der Waals surface area contributed by atoms with E-state index < -0.39 is 86.9 Å². The largest absolute Gasteiger partial charge is 0.386 e. The maximum absolute atomic E-state index is 15.9. The molecule has 3 aromatic rings. The van der Waals surface area contributed by atoms with Crippen LogP contribution in [0.5, 0.6) is 0 Å². The molecule has 46 heavy (non-hydrogen) atoms. The highest BCUT2D eigenvalue weighted by Gasteiger charge is 2.65. The zero-order chi connectivity index (χ0) is 32.8. The fourth-order valence-electron chi connectivity index (χ4n) is 5.23. The number of H-pyrrole nitrogens is 2. The fraction of sp³-hybridized carbons (Fsp3) is 0.526. The summed E-state index contributed by atoms with van der Waals surface area (Å²) in [6.07, 6.45) is -11.8. The van der Waals surface area contributed by atoms with Crippen LogP contribution in [0.4, 0.5) is 30.6 Å². The predicted molar refractivity (Wildman–Crippen MR) is 154 cm³/mol. The predicted octanol–water partition coefficient (Wildman–Crippen LogP) is 0.625. The maximum Gasteiger partial charge on any atom is 0.386 e. The van der Waals surface area contributed by atoms with E-state index >= 15 is 13.2 Å². The van der Waals surface area contributed by atoms with Gasteiger partial charge in [0.25, 0.3) is 11.1 Å². The first-order valence-electron chi connectivity index (χ1n) is 12.9. The van der Waals surface area contributed by atoms with Crippen molar-refractivity contribution < 1.29 is 49.9 Å². The third-order valence-electron chi connectivity index (χ3n) is 7.24. The third kappa shape index (κ3) is 5.41. The van der Waals surface area contributed by atoms with Gasteiger partial charge in [0.15, 0.2) is 41.2 Å². The van der Waals surface area contributed by atoms with Gasteiger partial charge in [-0.05, 0) is 0 Å². The van der Waals surface area contributed by atoms with Crippen molar-refractivity contribution in [1.29, 1.82) is 0 Å². The van der Waals surface area contributed by atoms with E-state index in [2.05, 4.69) is 60.4 Å². The summed E-state index contributed by atoms with van der Waals surface area (Å²) in [4.78, 5) is 40.7. The normalized spacial score (nSPS) is 37.6. The lowest BCUT2D eigenvalue weighted by Crippen LogP contribution is -2.54. The molecule has 0 radical (unpaired) electrons. The molecule has 0 aliphatic carbocycles. The molecule has 6 N–H and O–H groups in total. The number of hydrazine groups is 2. The molecule has 0 saturated carbocycles. The number of aromatic amines is 2. The van der Waals surface area contributed by atoms with Gasteiger partial charge < -0.3 is 20.2 Å². The molecule has 7 heterocycles. The molecule has 250 valence electrons. The first kappa shape index (κ1) is 31.9. The Kier molecular flexibility index (Phi) is 7.75. The van der Waals surface area contributed by atoms with Crippen LogP contribution in [0.2, 0.25) is 0 Å². The molecule has 20 nitrogen and oxygen atoms in total. The van der Waals surface area contributed by atoms with Crippen LogP contribution < -0.4 is 32.8 Å². The summed E-state index contributed by atoms with van der Waals surface area (Å²) in [6.45, 7) is -11.3. The Morgan fingerprint density at radius 2 is 1.76 bits per heavy atom. The topological polar surface area (TPSA) is 252 Å². The zero-order valence-corrected chi connectivity index (χ0v) is 26.0. The minimum absolute atomic E-state index is 0.161. The molecular weight excluding hydrogens is 711 g/mol. The molecule has 9 atom stereocenters. The van der Waals surface area contributed by atoms with Crippen LogP contribution in [0, 0.1) is 0 Å². The smallest absolute Gasteiger partial charge is 0.369 e. The standard InChI is InChI=1S/C19H21F3N10O10P2S2/c20-7-5-1-37-44(36,46)42-11-6(40-17(19(11,21)22)32-12-9(29-30-32)14(33)25-3-24-12)2-38-43(35,45)41-10(7)16(39-5)31-4-26-8-13(31)27-18(23)28-15(8)34/h3-7,10-11,16-17,29-30H,1-2H2,(H,35,45)(H,36,46)(H,24,25,33)(H3,23,27,28,34)/t5-,6-,7-,10-,11-,16-,17-,43?,44?/m1/s1. The molecule has 4 aliphatic heterocycles. The van der Waals surface area contributed by atoms with E-state index in [0.29, 0.717) is 5.01 Å². The van der Waals surface area contributed by atoms with Crippen molar-refractivity contribution in [3.05, 3.63) is 33.4 Å². The van der Waals surface area contributed by atoms with E-state index in [4.69, 9.17) is 33.3 Å². The highest BCUT2D eigenvalue weighted by molar-refractivity contribution is 8.44. The lowest BCUT2D eigenvalue weighted by atomic mass is 10.1. The fourth-order valence-corrected chi connectivity index (χ4v) is 8.14. The number of alkyl halides is 3. The van der Waals surface area contributed by atoms with Gasteiger partial charge in [0.1, 0.15) is 18.3 Å². The van der Waals surface area contributed by atoms with Gasteiger partial charge in [-0.15, -0.1) is 5.53 Å². The second-order valence-corrected chi connectivity index (χ2v) is 15.9. The van der Waals surface area contributed by atoms with Crippen molar-refractivity contribution in [3.8, 4) is 0 Å². The summed E-state index contributed by atoms with van der Waals surface area (Å²) < 4.78 is 108. The number of ether oxygens (including phenoxy) is 2. The van der Waals surface area contributed by atoms with Crippen LogP contribution in [-0.2, 0) is 36.7 Å². The van der Waals surface area contributed by atoms with Crippen LogP contribution in [0.25, 0.3) is 11.2 Å². The number of thiol groups is 2. The molecule has 0 aromatic carbocycles. The third-order valence-corrected chi connectivity index (χ3v) is 10.5. The van der Waals surface area contributed by atoms with E-state index in [0.717, 1.165) is 17.2 Å². The number of nitrogens with zero attached hydrogens (tertiary/aromatic N) is 5. The van der Waals surface area contributed by atoms with E-state index in [1.165, 1.54) is 0 Å². The highest BCUT2D eigenvalue weighted by atomic mass is 32.7. The van der Waals surface area contributed by atoms with E-state index in [1.54, 1.807) is 0 Å². The van der Waals surface area contributed by atoms with Gasteiger partial charge in [-0.3, -0.25) is 42.7 Å². The van der Waals surface area contributed by atoms with Gasteiger partial charge in [0.2, 0.25) is 12.2 Å². The van der Waals surface area contributed by atoms with Gasteiger partial charge in [-0.1, -0.05) is 24.5 Å². The summed E-state index contributed by atoms with van der Waals surface area (Å²) in [5, 5.41) is 0.679. The molecule has 2 unspecified atom stereocenters. The second kappa shape index (κ2) is 11.2. The Hall–Kier alpha value is -2.70. The summed E-state index contributed by atoms with van der Waals surface area (Å²) in [5.74, 6) is -4.66. The van der Waals surface area contributed by atoms with Gasteiger partial charge in [-0.2, -0.15) is 13.8 Å². The Bertz CT molecular complexity index is 1920. The van der Waals surface area contributed by atoms with Gasteiger partial charge >= 0.3 is 19.5 Å². The SMILES string of the molecule is Nc1nc2c(ncn2[C@@H]2O[C@@H]3COP(=O)(S)O[C@@H]4[C@@H](COP(=O)(S)O[C@@H]2[C@@H]3F)O[C@@H](N2NNc3c2nc[nH]c3=O)C4(F)F)c(=O)[nH]1. The Balaban J connectivity index is 1.21. The first-order valence-corrected chi connectivity index (χ1v) is 18.3. The number of hydrogen-bond acceptors (Lipinski definition) is 17. The molecule has 0 amide bonds. The van der Waals surface area contributed by atoms with Gasteiger partial charge in [-0.25, -0.2) is 28.5 Å². The summed E-state index contributed by atoms with van der Waals surface area (Å²) in [7, 11) is 0. The van der Waals surface area contributed by atoms with E-state index in [9.17, 15) is 18.7 Å². The quantitative estimate of drug-likeness (QED) is 0.141. The van der Waals surface area contributed by atoms with Crippen LogP contribution in [0.3, 0.4) is 0 Å². The van der Waals surface area contributed by atoms with Crippen molar-refractivity contribution >= 4 is 66.7 Å². The number of imidazole rings is 1. The molecule has 3 fully saturated rings. The van der Waals surface area contributed by atoms with Crippen LogP contribution in [-0.4, -0.2) is 85.4 Å². The van der Waals surface area contributed by atoms with Crippen LogP contribution in [0.1, 0.15) is 6.23 Å². The Morgan fingerprint density at radius 1 is 1.04 bits per heavy atom. The lowest BCUT2D eigenvalue weighted by Gasteiger charge is -2.30. The van der Waals surface area contributed by atoms with Crippen LogP contribution >= 0.6 is 38.1 Å². The maximum atomic E-state index is 15.9. The number of nitrogens with one attached hydrogen (secondary N) is 4. The lowest BCUT2D eigenvalue weighted by molar-refractivity contribution is -0.108. The number of halogens is 3. The molecule has 0 spiro atoms. The number of rotatable bonds is 2. The van der Waals surface area contributed by atoms with E-state index in [1.807, 2.05) is 0 Å². The molecular formula is C19H21F3N10O10P2S2. The average Bonchev–Trinajstić information content (AvgIpc) is 3.71. The van der Waals surface area contributed by atoms with Crippen molar-refractivity contribution in [2.24, 2.45) is 0 Å². The molecule has 3 saturated heterocycles. The minimum atomic E-state index is -4.77. The number of nitrogens with two attached hydrogens (primary N) is 1. The highest BCUT2D eigenvalue weighted by Crippen LogP contribution is 2.61.